The number of hydrogen-bond acceptors (Lipinski definition) is 4. The average molecular weight is 189 g/mol. The van der Waals surface area contributed by atoms with Crippen LogP contribution in [0.15, 0.2) is 11.1 Å². The van der Waals surface area contributed by atoms with Crippen LogP contribution in [0.25, 0.3) is 0 Å². The predicted molar refractivity (Wildman–Crippen MR) is 48.1 cm³/mol. The SMILES string of the molecule is NC(=O)CCNC(=O)/C(N)=C/S. The Morgan fingerprint density at radius 2 is 2.00 bits per heavy atom. The maximum Gasteiger partial charge on any atom is 0.267 e. The zero-order valence-corrected chi connectivity index (χ0v) is 7.30. The molecule has 6 heteroatoms. The summed E-state index contributed by atoms with van der Waals surface area (Å²) in [5, 5.41) is 3.56. The third kappa shape index (κ3) is 4.62. The molecule has 0 radical (unpaired) electrons. The second-order valence-electron chi connectivity index (χ2n) is 2.06. The molecular weight excluding hydrogens is 178 g/mol. The Morgan fingerprint density at radius 3 is 2.42 bits per heavy atom. The number of rotatable bonds is 4. The fourth-order valence-corrected chi connectivity index (χ4v) is 0.577. The first-order valence-corrected chi connectivity index (χ1v) is 3.76. The van der Waals surface area contributed by atoms with Gasteiger partial charge in [-0.3, -0.25) is 9.59 Å². The van der Waals surface area contributed by atoms with Gasteiger partial charge in [-0.25, -0.2) is 0 Å². The molecule has 68 valence electrons. The second kappa shape index (κ2) is 5.48. The van der Waals surface area contributed by atoms with Crippen molar-refractivity contribution in [2.45, 2.75) is 6.42 Å². The molecule has 0 spiro atoms. The monoisotopic (exact) mass is 189 g/mol. The van der Waals surface area contributed by atoms with Gasteiger partial charge in [-0.05, 0) is 5.41 Å². The molecule has 0 fully saturated rings. The van der Waals surface area contributed by atoms with Gasteiger partial charge in [0.1, 0.15) is 5.70 Å². The van der Waals surface area contributed by atoms with E-state index in [-0.39, 0.29) is 18.7 Å². The molecule has 0 aliphatic carbocycles. The van der Waals surface area contributed by atoms with Crippen molar-refractivity contribution in [2.75, 3.05) is 6.54 Å². The van der Waals surface area contributed by atoms with Gasteiger partial charge >= 0.3 is 0 Å². The van der Waals surface area contributed by atoms with Gasteiger partial charge in [-0.1, -0.05) is 0 Å². The van der Waals surface area contributed by atoms with Crippen LogP contribution in [0.2, 0.25) is 0 Å². The van der Waals surface area contributed by atoms with Crippen LogP contribution in [0, 0.1) is 0 Å². The minimum absolute atomic E-state index is 0.00260. The number of nitrogens with one attached hydrogen (secondary N) is 1. The number of amides is 2. The Bertz CT molecular complexity index is 215. The zero-order valence-electron chi connectivity index (χ0n) is 6.41. The Hall–Kier alpha value is -1.17. The summed E-state index contributed by atoms with van der Waals surface area (Å²) in [5.41, 5.74) is 10.0. The van der Waals surface area contributed by atoms with Gasteiger partial charge < -0.3 is 16.8 Å². The zero-order chi connectivity index (χ0) is 9.56. The number of primary amides is 1. The molecule has 2 amide bonds. The summed E-state index contributed by atoms with van der Waals surface area (Å²) in [7, 11) is 0. The van der Waals surface area contributed by atoms with Crippen molar-refractivity contribution in [1.29, 1.82) is 0 Å². The Labute approximate surface area is 75.6 Å². The van der Waals surface area contributed by atoms with E-state index in [9.17, 15) is 9.59 Å². The lowest BCUT2D eigenvalue weighted by atomic mass is 10.4. The van der Waals surface area contributed by atoms with Crippen LogP contribution in [-0.2, 0) is 9.59 Å². The summed E-state index contributed by atoms with van der Waals surface area (Å²) in [6.45, 7) is 0.191. The van der Waals surface area contributed by atoms with E-state index in [1.54, 1.807) is 0 Å². The lowest BCUT2D eigenvalue weighted by Gasteiger charge is -2.01. The van der Waals surface area contributed by atoms with E-state index >= 15 is 0 Å². The van der Waals surface area contributed by atoms with Crippen molar-refractivity contribution in [3.05, 3.63) is 11.1 Å². The van der Waals surface area contributed by atoms with Crippen LogP contribution < -0.4 is 16.8 Å². The minimum atomic E-state index is -0.469. The maximum absolute atomic E-state index is 10.9. The fourth-order valence-electron chi connectivity index (χ4n) is 0.460. The van der Waals surface area contributed by atoms with E-state index in [1.165, 1.54) is 5.41 Å². The lowest BCUT2D eigenvalue weighted by Crippen LogP contribution is -2.31. The van der Waals surface area contributed by atoms with Gasteiger partial charge in [0.25, 0.3) is 5.91 Å². The highest BCUT2D eigenvalue weighted by Gasteiger charge is 2.03. The van der Waals surface area contributed by atoms with Crippen molar-refractivity contribution >= 4 is 24.4 Å². The molecule has 0 aliphatic rings. The predicted octanol–water partition coefficient (Wildman–Crippen LogP) is -1.29. The van der Waals surface area contributed by atoms with E-state index in [1.807, 2.05) is 0 Å². The number of carbonyl (C=O) groups is 2. The Balaban J connectivity index is 3.65. The number of thiol groups is 1. The van der Waals surface area contributed by atoms with Crippen molar-refractivity contribution in [3.8, 4) is 0 Å². The summed E-state index contributed by atoms with van der Waals surface area (Å²) < 4.78 is 0. The number of carbonyl (C=O) groups excluding carboxylic acids is 2. The second-order valence-corrected chi connectivity index (χ2v) is 2.31. The molecule has 12 heavy (non-hydrogen) atoms. The summed E-state index contributed by atoms with van der Waals surface area (Å²) in [6.07, 6.45) is 0.103. The number of hydrogen-bond donors (Lipinski definition) is 4. The van der Waals surface area contributed by atoms with Crippen molar-refractivity contribution in [1.82, 2.24) is 5.32 Å². The maximum atomic E-state index is 10.9. The molecule has 0 heterocycles. The first-order chi connectivity index (χ1) is 5.57. The summed E-state index contributed by atoms with van der Waals surface area (Å²) in [5.74, 6) is -0.921. The summed E-state index contributed by atoms with van der Waals surface area (Å²) >= 11 is 3.68. The van der Waals surface area contributed by atoms with Crippen LogP contribution in [0.5, 0.6) is 0 Å². The lowest BCUT2D eigenvalue weighted by molar-refractivity contribution is -0.118. The molecule has 0 saturated carbocycles. The summed E-state index contributed by atoms with van der Waals surface area (Å²) in [4.78, 5) is 21.1. The molecule has 0 aromatic carbocycles. The minimum Gasteiger partial charge on any atom is -0.394 e. The van der Waals surface area contributed by atoms with Crippen LogP contribution in [-0.4, -0.2) is 18.4 Å². The molecule has 0 aliphatic heterocycles. The normalized spacial score (nSPS) is 10.9. The van der Waals surface area contributed by atoms with E-state index < -0.39 is 11.8 Å². The quantitative estimate of drug-likeness (QED) is 0.327. The van der Waals surface area contributed by atoms with E-state index in [0.29, 0.717) is 0 Å². The molecule has 0 bridgehead atoms. The van der Waals surface area contributed by atoms with Crippen molar-refractivity contribution < 1.29 is 9.59 Å². The van der Waals surface area contributed by atoms with E-state index in [0.717, 1.165) is 0 Å². The molecule has 0 atom stereocenters. The molecule has 0 aromatic rings. The summed E-state index contributed by atoms with van der Waals surface area (Å²) in [6, 6.07) is 0. The molecule has 0 saturated heterocycles. The van der Waals surface area contributed by atoms with Crippen molar-refractivity contribution in [2.24, 2.45) is 11.5 Å². The van der Waals surface area contributed by atoms with Gasteiger partial charge in [-0.2, -0.15) is 0 Å². The highest BCUT2D eigenvalue weighted by Crippen LogP contribution is 1.86. The van der Waals surface area contributed by atoms with Crippen LogP contribution in [0.3, 0.4) is 0 Å². The van der Waals surface area contributed by atoms with E-state index in [4.69, 9.17) is 11.5 Å². The topological polar surface area (TPSA) is 98.2 Å². The molecule has 0 unspecified atom stereocenters. The third-order valence-electron chi connectivity index (χ3n) is 1.06. The molecule has 0 rings (SSSR count). The Kier molecular flexibility index (Phi) is 4.94. The first-order valence-electron chi connectivity index (χ1n) is 3.24. The van der Waals surface area contributed by atoms with Crippen LogP contribution >= 0.6 is 12.6 Å². The largest absolute Gasteiger partial charge is 0.394 e. The standard InChI is InChI=1S/C6H11N3O2S/c7-4(3-12)6(11)9-2-1-5(8)10/h3,12H,1-2,7H2,(H2,8,10)(H,9,11)/b4-3-. The van der Waals surface area contributed by atoms with Crippen molar-refractivity contribution in [3.63, 3.8) is 0 Å². The van der Waals surface area contributed by atoms with E-state index in [2.05, 4.69) is 17.9 Å². The fraction of sp³-hybridized carbons (Fsp3) is 0.333. The molecule has 5 nitrogen and oxygen atoms in total. The first kappa shape index (κ1) is 10.8. The molecule has 0 aromatic heterocycles. The molecule has 5 N–H and O–H groups in total. The molecular formula is C6H11N3O2S. The van der Waals surface area contributed by atoms with Gasteiger partial charge in [0, 0.05) is 13.0 Å². The number of nitrogens with two attached hydrogens (primary N) is 2. The third-order valence-corrected chi connectivity index (χ3v) is 1.34. The smallest absolute Gasteiger partial charge is 0.267 e. The average Bonchev–Trinajstić information content (AvgIpc) is 2.02. The highest BCUT2D eigenvalue weighted by molar-refractivity contribution is 7.83. The highest BCUT2D eigenvalue weighted by atomic mass is 32.1. The van der Waals surface area contributed by atoms with Gasteiger partial charge in [0.15, 0.2) is 0 Å². The van der Waals surface area contributed by atoms with Gasteiger partial charge in [0.05, 0.1) is 0 Å². The van der Waals surface area contributed by atoms with Crippen LogP contribution in [0.4, 0.5) is 0 Å². The van der Waals surface area contributed by atoms with Crippen LogP contribution in [0.1, 0.15) is 6.42 Å². The Morgan fingerprint density at radius 1 is 1.42 bits per heavy atom. The van der Waals surface area contributed by atoms with Gasteiger partial charge in [-0.15, -0.1) is 12.6 Å². The van der Waals surface area contributed by atoms with Gasteiger partial charge in [0.2, 0.25) is 5.91 Å².